The van der Waals surface area contributed by atoms with E-state index < -0.39 is 0 Å². The number of carbonyl (C=O) groups is 1. The number of anilines is 2. The van der Waals surface area contributed by atoms with Crippen LogP contribution in [0.3, 0.4) is 0 Å². The Morgan fingerprint density at radius 1 is 1.19 bits per heavy atom. The molecule has 0 saturated carbocycles. The van der Waals surface area contributed by atoms with Crippen LogP contribution in [0.2, 0.25) is 0 Å². The Labute approximate surface area is 185 Å². The molecule has 1 aromatic carbocycles. The van der Waals surface area contributed by atoms with Gasteiger partial charge in [-0.15, -0.1) is 0 Å². The number of rotatable bonds is 4. The van der Waals surface area contributed by atoms with E-state index in [1.807, 2.05) is 4.90 Å². The lowest BCUT2D eigenvalue weighted by Gasteiger charge is -2.31. The van der Waals surface area contributed by atoms with E-state index in [2.05, 4.69) is 38.4 Å². The lowest BCUT2D eigenvalue weighted by Crippen LogP contribution is -2.37. The van der Waals surface area contributed by atoms with Gasteiger partial charge in [-0.2, -0.15) is 0 Å². The van der Waals surface area contributed by atoms with Crippen LogP contribution in [0, 0.1) is 0 Å². The molecule has 1 saturated heterocycles. The first-order valence-electron chi connectivity index (χ1n) is 10.6. The highest BCUT2D eigenvalue weighted by molar-refractivity contribution is 6.20. The van der Waals surface area contributed by atoms with Gasteiger partial charge in [-0.05, 0) is 30.3 Å². The molecule has 32 heavy (non-hydrogen) atoms. The summed E-state index contributed by atoms with van der Waals surface area (Å²) in [7, 11) is 0. The largest absolute Gasteiger partial charge is 0.507 e. The zero-order valence-corrected chi connectivity index (χ0v) is 17.8. The summed E-state index contributed by atoms with van der Waals surface area (Å²) in [4.78, 5) is 29.2. The van der Waals surface area contributed by atoms with Crippen LogP contribution in [-0.2, 0) is 9.53 Å². The number of nitrogens with zero attached hydrogens (tertiary/aromatic N) is 5. The molecule has 1 aromatic heterocycles. The van der Waals surface area contributed by atoms with Crippen molar-refractivity contribution in [1.29, 1.82) is 0 Å². The number of ether oxygens (including phenoxy) is 1. The molecule has 0 bridgehead atoms. The normalized spacial score (nSPS) is 18.0. The SMILES string of the molecule is CC(=O)Nc1ccc(C(O)=CC2=Nc3cc(N4CCOCC4)ccc3C3=NCCN23)cn1. The number of aromatic nitrogens is 1. The summed E-state index contributed by atoms with van der Waals surface area (Å²) in [6.07, 6.45) is 3.16. The number of aliphatic hydroxyl groups excluding tert-OH is 1. The lowest BCUT2D eigenvalue weighted by atomic mass is 10.1. The molecule has 9 heteroatoms. The Bertz CT molecular complexity index is 1130. The molecule has 2 N–H and O–H groups in total. The van der Waals surface area contributed by atoms with E-state index >= 15 is 0 Å². The summed E-state index contributed by atoms with van der Waals surface area (Å²) in [6.45, 7) is 5.96. The Kier molecular flexibility index (Phi) is 5.32. The van der Waals surface area contributed by atoms with E-state index in [-0.39, 0.29) is 11.7 Å². The van der Waals surface area contributed by atoms with Crippen LogP contribution in [0.5, 0.6) is 0 Å². The smallest absolute Gasteiger partial charge is 0.222 e. The number of amidine groups is 2. The number of benzene rings is 1. The molecule has 0 spiro atoms. The van der Waals surface area contributed by atoms with Gasteiger partial charge in [-0.1, -0.05) is 0 Å². The highest BCUT2D eigenvalue weighted by atomic mass is 16.5. The van der Waals surface area contributed by atoms with Crippen LogP contribution >= 0.6 is 0 Å². The van der Waals surface area contributed by atoms with Gasteiger partial charge in [-0.3, -0.25) is 9.79 Å². The predicted molar refractivity (Wildman–Crippen MR) is 124 cm³/mol. The van der Waals surface area contributed by atoms with Crippen molar-refractivity contribution >= 4 is 40.5 Å². The van der Waals surface area contributed by atoms with Crippen LogP contribution in [-0.4, -0.2) is 72.0 Å². The Morgan fingerprint density at radius 2 is 2.03 bits per heavy atom. The first-order valence-corrected chi connectivity index (χ1v) is 10.6. The van der Waals surface area contributed by atoms with Crippen molar-refractivity contribution < 1.29 is 14.6 Å². The van der Waals surface area contributed by atoms with Crippen LogP contribution in [0.1, 0.15) is 18.1 Å². The molecule has 9 nitrogen and oxygen atoms in total. The van der Waals surface area contributed by atoms with Crippen LogP contribution < -0.4 is 10.2 Å². The number of aliphatic hydroxyl groups is 1. The number of nitrogens with one attached hydrogen (secondary N) is 1. The monoisotopic (exact) mass is 432 g/mol. The summed E-state index contributed by atoms with van der Waals surface area (Å²) < 4.78 is 5.46. The van der Waals surface area contributed by atoms with Gasteiger partial charge in [0.05, 0.1) is 25.4 Å². The summed E-state index contributed by atoms with van der Waals surface area (Å²) in [6, 6.07) is 9.62. The average molecular weight is 432 g/mol. The second kappa shape index (κ2) is 8.43. The zero-order valence-electron chi connectivity index (χ0n) is 17.8. The predicted octanol–water partition coefficient (Wildman–Crippen LogP) is 2.58. The summed E-state index contributed by atoms with van der Waals surface area (Å²) in [5.41, 5.74) is 3.47. The average Bonchev–Trinajstić information content (AvgIpc) is 3.30. The Morgan fingerprint density at radius 3 is 2.78 bits per heavy atom. The molecule has 1 amide bonds. The van der Waals surface area contributed by atoms with Crippen molar-refractivity contribution in [2.45, 2.75) is 6.92 Å². The third kappa shape index (κ3) is 3.94. The van der Waals surface area contributed by atoms with Crippen LogP contribution in [0.4, 0.5) is 17.2 Å². The van der Waals surface area contributed by atoms with Gasteiger partial charge < -0.3 is 25.0 Å². The maximum Gasteiger partial charge on any atom is 0.222 e. The van der Waals surface area contributed by atoms with Crippen molar-refractivity contribution in [3.05, 3.63) is 53.7 Å². The molecular weight excluding hydrogens is 408 g/mol. The molecule has 164 valence electrons. The molecule has 3 aliphatic heterocycles. The third-order valence-electron chi connectivity index (χ3n) is 5.58. The number of carbonyl (C=O) groups excluding carboxylic acids is 1. The highest BCUT2D eigenvalue weighted by Crippen LogP contribution is 2.33. The van der Waals surface area contributed by atoms with Gasteiger partial charge in [0.25, 0.3) is 0 Å². The van der Waals surface area contributed by atoms with Crippen molar-refractivity contribution in [3.8, 4) is 0 Å². The topological polar surface area (TPSA) is 103 Å². The van der Waals surface area contributed by atoms with E-state index in [0.717, 1.165) is 49.1 Å². The van der Waals surface area contributed by atoms with E-state index in [1.54, 1.807) is 18.2 Å². The van der Waals surface area contributed by atoms with Crippen molar-refractivity contribution in [1.82, 2.24) is 9.88 Å². The molecule has 0 radical (unpaired) electrons. The molecule has 1 fully saturated rings. The minimum Gasteiger partial charge on any atom is -0.507 e. The number of hydrogen-bond acceptors (Lipinski definition) is 8. The zero-order chi connectivity index (χ0) is 22.1. The number of hydrogen-bond donors (Lipinski definition) is 2. The standard InChI is InChI=1S/C23H24N6O3/c1-15(30)26-21-5-2-16(14-25-21)20(31)13-22-27-19-12-17(28-8-10-32-11-9-28)3-4-18(19)23-24-6-7-29(22)23/h2-5,12-14,31H,6-11H2,1H3,(H,25,26,30). The fourth-order valence-electron chi connectivity index (χ4n) is 4.02. The van der Waals surface area contributed by atoms with E-state index in [4.69, 9.17) is 9.73 Å². The second-order valence-electron chi connectivity index (χ2n) is 7.77. The minimum atomic E-state index is -0.197. The third-order valence-corrected chi connectivity index (χ3v) is 5.58. The van der Waals surface area contributed by atoms with Gasteiger partial charge in [0.1, 0.15) is 23.2 Å². The molecule has 0 unspecified atom stereocenters. The molecule has 4 heterocycles. The molecule has 2 aromatic rings. The quantitative estimate of drug-likeness (QED) is 0.720. The minimum absolute atomic E-state index is 0.0460. The molecule has 0 aliphatic carbocycles. The summed E-state index contributed by atoms with van der Waals surface area (Å²) in [5.74, 6) is 1.79. The maximum absolute atomic E-state index is 11.2. The molecule has 3 aliphatic rings. The maximum atomic E-state index is 11.2. The van der Waals surface area contributed by atoms with E-state index in [9.17, 15) is 9.90 Å². The molecule has 0 atom stereocenters. The summed E-state index contributed by atoms with van der Waals surface area (Å²) in [5, 5.41) is 13.4. The fourth-order valence-corrected chi connectivity index (χ4v) is 4.02. The fraction of sp³-hybridized carbons (Fsp3) is 0.304. The van der Waals surface area contributed by atoms with Gasteiger partial charge in [0.2, 0.25) is 5.91 Å². The van der Waals surface area contributed by atoms with E-state index in [1.165, 1.54) is 13.1 Å². The first-order chi connectivity index (χ1) is 15.6. The highest BCUT2D eigenvalue weighted by Gasteiger charge is 2.29. The number of pyridine rings is 1. The Balaban J connectivity index is 1.46. The molecular formula is C23H24N6O3. The number of fused-ring (bicyclic) bond motifs is 3. The number of morpholine rings is 1. The van der Waals surface area contributed by atoms with Crippen molar-refractivity contribution in [3.63, 3.8) is 0 Å². The number of amides is 1. The number of aliphatic imine (C=N–C) groups is 2. The van der Waals surface area contributed by atoms with Crippen molar-refractivity contribution in [2.24, 2.45) is 9.98 Å². The van der Waals surface area contributed by atoms with Gasteiger partial charge in [0.15, 0.2) is 0 Å². The van der Waals surface area contributed by atoms with E-state index in [0.29, 0.717) is 30.3 Å². The second-order valence-corrected chi connectivity index (χ2v) is 7.77. The Hall–Kier alpha value is -3.72. The van der Waals surface area contributed by atoms with Gasteiger partial charge >= 0.3 is 0 Å². The summed E-state index contributed by atoms with van der Waals surface area (Å²) >= 11 is 0. The molecule has 5 rings (SSSR count). The first kappa shape index (κ1) is 20.2. The van der Waals surface area contributed by atoms with Crippen molar-refractivity contribution in [2.75, 3.05) is 49.6 Å². The lowest BCUT2D eigenvalue weighted by molar-refractivity contribution is -0.114. The van der Waals surface area contributed by atoms with Crippen LogP contribution in [0.15, 0.2) is 52.6 Å². The van der Waals surface area contributed by atoms with Gasteiger partial charge in [-0.25, -0.2) is 9.98 Å². The van der Waals surface area contributed by atoms with Crippen LogP contribution in [0.25, 0.3) is 5.76 Å². The van der Waals surface area contributed by atoms with Gasteiger partial charge in [0, 0.05) is 55.6 Å².